The molecule has 1 aliphatic rings. The lowest BCUT2D eigenvalue weighted by Crippen LogP contribution is -2.58. The minimum atomic E-state index is -0.243. The highest BCUT2D eigenvalue weighted by Gasteiger charge is 2.30. The van der Waals surface area contributed by atoms with Gasteiger partial charge in [-0.25, -0.2) is 4.79 Å². The zero-order chi connectivity index (χ0) is 9.84. The lowest BCUT2D eigenvalue weighted by atomic mass is 9.94. The SMILES string of the molecule is CCC1CCC(CC([NH3+])=O)C(=O)O1. The van der Waals surface area contributed by atoms with Crippen molar-refractivity contribution in [3.05, 3.63) is 0 Å². The molecule has 2 atom stereocenters. The normalized spacial score (nSPS) is 28.3. The standard InChI is InChI=1S/C9H15NO3/c1-2-7-4-3-6(5-8(10)11)9(12)13-7/h6-7H,2-5H2,1H3,(H2,10,11)/p+1. The molecule has 0 aromatic rings. The molecule has 4 heteroatoms. The molecule has 4 nitrogen and oxygen atoms in total. The summed E-state index contributed by atoms with van der Waals surface area (Å²) in [6.07, 6.45) is 2.79. The van der Waals surface area contributed by atoms with Crippen molar-refractivity contribution in [1.82, 2.24) is 0 Å². The maximum Gasteiger partial charge on any atom is 0.309 e. The molecule has 0 radical (unpaired) electrons. The van der Waals surface area contributed by atoms with Gasteiger partial charge in [-0.05, 0) is 19.3 Å². The Balaban J connectivity index is 2.44. The number of hydrogen-bond donors (Lipinski definition) is 1. The van der Waals surface area contributed by atoms with Crippen molar-refractivity contribution >= 4 is 11.9 Å². The fourth-order valence-corrected chi connectivity index (χ4v) is 1.57. The highest BCUT2D eigenvalue weighted by molar-refractivity contribution is 5.78. The second kappa shape index (κ2) is 4.37. The lowest BCUT2D eigenvalue weighted by molar-refractivity contribution is -0.307. The fourth-order valence-electron chi connectivity index (χ4n) is 1.57. The molecule has 1 heterocycles. The van der Waals surface area contributed by atoms with E-state index < -0.39 is 0 Å². The Morgan fingerprint density at radius 3 is 2.77 bits per heavy atom. The molecular weight excluding hydrogens is 170 g/mol. The summed E-state index contributed by atoms with van der Waals surface area (Å²) in [5, 5.41) is 0. The topological polar surface area (TPSA) is 71.0 Å². The van der Waals surface area contributed by atoms with Gasteiger partial charge < -0.3 is 4.74 Å². The van der Waals surface area contributed by atoms with Crippen LogP contribution in [0.25, 0.3) is 0 Å². The smallest absolute Gasteiger partial charge is 0.309 e. The maximum absolute atomic E-state index is 11.3. The van der Waals surface area contributed by atoms with Crippen LogP contribution < -0.4 is 5.73 Å². The van der Waals surface area contributed by atoms with Crippen molar-refractivity contribution in [1.29, 1.82) is 0 Å². The Bertz CT molecular complexity index is 215. The molecule has 1 rings (SSSR count). The van der Waals surface area contributed by atoms with Crippen LogP contribution in [-0.4, -0.2) is 18.0 Å². The van der Waals surface area contributed by atoms with E-state index in [0.29, 0.717) is 0 Å². The summed E-state index contributed by atoms with van der Waals surface area (Å²) < 4.78 is 5.13. The second-order valence-corrected chi connectivity index (χ2v) is 3.48. The summed E-state index contributed by atoms with van der Waals surface area (Å²) in [5.41, 5.74) is 3.26. The van der Waals surface area contributed by atoms with E-state index in [1.807, 2.05) is 6.92 Å². The summed E-state index contributed by atoms with van der Waals surface area (Å²) >= 11 is 0. The minimum Gasteiger partial charge on any atom is -0.462 e. The minimum absolute atomic E-state index is 0.0590. The van der Waals surface area contributed by atoms with Gasteiger partial charge in [0, 0.05) is 0 Å². The van der Waals surface area contributed by atoms with Gasteiger partial charge in [0.05, 0.1) is 12.3 Å². The van der Waals surface area contributed by atoms with Crippen molar-refractivity contribution in [3.63, 3.8) is 0 Å². The number of ether oxygens (including phenoxy) is 1. The summed E-state index contributed by atoms with van der Waals surface area (Å²) in [6.45, 7) is 1.99. The Morgan fingerprint density at radius 1 is 1.62 bits per heavy atom. The number of esters is 1. The van der Waals surface area contributed by atoms with Crippen LogP contribution in [0.4, 0.5) is 0 Å². The number of carbonyl (C=O) groups is 2. The van der Waals surface area contributed by atoms with E-state index in [-0.39, 0.29) is 30.3 Å². The number of hydrogen-bond acceptors (Lipinski definition) is 3. The van der Waals surface area contributed by atoms with Gasteiger partial charge in [-0.2, -0.15) is 0 Å². The first-order valence-electron chi connectivity index (χ1n) is 4.68. The Kier molecular flexibility index (Phi) is 3.42. The Hall–Kier alpha value is -0.900. The molecule has 1 saturated heterocycles. The van der Waals surface area contributed by atoms with Crippen LogP contribution in [0.1, 0.15) is 32.6 Å². The third-order valence-corrected chi connectivity index (χ3v) is 2.38. The van der Waals surface area contributed by atoms with Crippen molar-refractivity contribution in [3.8, 4) is 0 Å². The van der Waals surface area contributed by atoms with Crippen molar-refractivity contribution in [2.24, 2.45) is 5.92 Å². The van der Waals surface area contributed by atoms with E-state index in [1.54, 1.807) is 0 Å². The predicted molar refractivity (Wildman–Crippen MR) is 45.4 cm³/mol. The predicted octanol–water partition coefficient (Wildman–Crippen LogP) is -0.123. The van der Waals surface area contributed by atoms with Gasteiger partial charge in [0.25, 0.3) is 0 Å². The van der Waals surface area contributed by atoms with Gasteiger partial charge in [-0.1, -0.05) is 6.92 Å². The summed E-state index contributed by atoms with van der Waals surface area (Å²) in [7, 11) is 0. The van der Waals surface area contributed by atoms with Crippen LogP contribution in [0.5, 0.6) is 0 Å². The molecule has 0 spiro atoms. The van der Waals surface area contributed by atoms with E-state index in [0.717, 1.165) is 19.3 Å². The number of rotatable bonds is 3. The summed E-state index contributed by atoms with van der Waals surface area (Å²) in [5.74, 6) is -0.653. The Labute approximate surface area is 77.4 Å². The molecule has 0 aromatic carbocycles. The average Bonchev–Trinajstić information content (AvgIpc) is 2.08. The van der Waals surface area contributed by atoms with E-state index in [4.69, 9.17) is 4.74 Å². The first-order chi connectivity index (χ1) is 6.13. The molecule has 1 fully saturated rings. The molecular formula is C9H16NO3+. The second-order valence-electron chi connectivity index (χ2n) is 3.48. The van der Waals surface area contributed by atoms with E-state index >= 15 is 0 Å². The Morgan fingerprint density at radius 2 is 2.31 bits per heavy atom. The van der Waals surface area contributed by atoms with Gasteiger partial charge in [0.15, 0.2) is 0 Å². The molecule has 13 heavy (non-hydrogen) atoms. The van der Waals surface area contributed by atoms with E-state index in [1.165, 1.54) is 0 Å². The van der Waals surface area contributed by atoms with Crippen LogP contribution in [-0.2, 0) is 14.3 Å². The molecule has 0 bridgehead atoms. The zero-order valence-electron chi connectivity index (χ0n) is 7.91. The highest BCUT2D eigenvalue weighted by Crippen LogP contribution is 2.23. The molecule has 3 N–H and O–H groups in total. The first kappa shape index (κ1) is 10.2. The maximum atomic E-state index is 11.3. The largest absolute Gasteiger partial charge is 0.462 e. The quantitative estimate of drug-likeness (QED) is 0.624. The average molecular weight is 186 g/mol. The molecule has 1 aliphatic heterocycles. The third-order valence-electron chi connectivity index (χ3n) is 2.38. The highest BCUT2D eigenvalue weighted by atomic mass is 16.5. The van der Waals surface area contributed by atoms with Crippen LogP contribution in [0, 0.1) is 5.92 Å². The van der Waals surface area contributed by atoms with Crippen LogP contribution in [0.2, 0.25) is 0 Å². The molecule has 0 saturated carbocycles. The summed E-state index contributed by atoms with van der Waals surface area (Å²) in [6, 6.07) is 0. The summed E-state index contributed by atoms with van der Waals surface area (Å²) in [4.78, 5) is 22.0. The lowest BCUT2D eigenvalue weighted by Gasteiger charge is -2.26. The molecule has 1 amide bonds. The van der Waals surface area contributed by atoms with Crippen LogP contribution in [0.15, 0.2) is 0 Å². The zero-order valence-corrected chi connectivity index (χ0v) is 7.91. The van der Waals surface area contributed by atoms with Gasteiger partial charge in [-0.3, -0.25) is 10.5 Å². The number of quaternary nitrogens is 1. The molecule has 74 valence electrons. The monoisotopic (exact) mass is 186 g/mol. The number of cyclic esters (lactones) is 1. The third kappa shape index (κ3) is 2.81. The molecule has 2 unspecified atom stereocenters. The van der Waals surface area contributed by atoms with Gasteiger partial charge in [0.1, 0.15) is 6.10 Å². The van der Waals surface area contributed by atoms with Crippen LogP contribution >= 0.6 is 0 Å². The van der Waals surface area contributed by atoms with Crippen molar-refractivity contribution in [2.45, 2.75) is 38.7 Å². The number of amides is 1. The number of carbonyl (C=O) groups excluding carboxylic acids is 2. The van der Waals surface area contributed by atoms with Gasteiger partial charge in [-0.15, -0.1) is 0 Å². The van der Waals surface area contributed by atoms with Crippen molar-refractivity contribution in [2.75, 3.05) is 0 Å². The first-order valence-corrected chi connectivity index (χ1v) is 4.68. The molecule has 0 aliphatic carbocycles. The van der Waals surface area contributed by atoms with E-state index in [9.17, 15) is 9.59 Å². The van der Waals surface area contributed by atoms with Gasteiger partial charge in [0.2, 0.25) is 0 Å². The van der Waals surface area contributed by atoms with Crippen LogP contribution in [0.3, 0.4) is 0 Å². The molecule has 0 aromatic heterocycles. The fraction of sp³-hybridized carbons (Fsp3) is 0.778. The van der Waals surface area contributed by atoms with Crippen molar-refractivity contribution < 1.29 is 20.1 Å². The van der Waals surface area contributed by atoms with E-state index in [2.05, 4.69) is 5.73 Å². The van der Waals surface area contributed by atoms with Gasteiger partial charge >= 0.3 is 11.9 Å².